The predicted molar refractivity (Wildman–Crippen MR) is 115 cm³/mol. The van der Waals surface area contributed by atoms with Crippen LogP contribution in [-0.2, 0) is 4.79 Å². The fraction of sp³-hybridized carbons (Fsp3) is 0.0500. The van der Waals surface area contributed by atoms with E-state index >= 15 is 0 Å². The second kappa shape index (κ2) is 8.56. The SMILES string of the molecule is O=C(CSc1ncnc2sc(-c3ccccc3)cc12)Nc1ccc(F)c([N+](=O)[O-])c1. The highest BCUT2D eigenvalue weighted by Crippen LogP contribution is 2.36. The number of nitrogens with one attached hydrogen (secondary N) is 1. The second-order valence-corrected chi connectivity index (χ2v) is 8.13. The quantitative estimate of drug-likeness (QED) is 0.193. The van der Waals surface area contributed by atoms with Crippen molar-refractivity contribution in [2.24, 2.45) is 0 Å². The molecule has 30 heavy (non-hydrogen) atoms. The predicted octanol–water partition coefficient (Wildman–Crippen LogP) is 5.14. The molecule has 0 aliphatic rings. The smallest absolute Gasteiger partial charge is 0.306 e. The third-order valence-electron chi connectivity index (χ3n) is 4.12. The number of fused-ring (bicyclic) bond motifs is 1. The van der Waals surface area contributed by atoms with E-state index in [9.17, 15) is 19.3 Å². The molecule has 2 heterocycles. The molecule has 0 spiro atoms. The van der Waals surface area contributed by atoms with E-state index in [4.69, 9.17) is 0 Å². The van der Waals surface area contributed by atoms with Gasteiger partial charge in [0.25, 0.3) is 0 Å². The fourth-order valence-corrected chi connectivity index (χ4v) is 4.60. The van der Waals surface area contributed by atoms with Crippen LogP contribution in [0.1, 0.15) is 0 Å². The topological polar surface area (TPSA) is 98.0 Å². The molecule has 4 aromatic rings. The van der Waals surface area contributed by atoms with Crippen LogP contribution in [0.3, 0.4) is 0 Å². The molecule has 2 aromatic heterocycles. The number of aromatic nitrogens is 2. The lowest BCUT2D eigenvalue weighted by molar-refractivity contribution is -0.387. The van der Waals surface area contributed by atoms with Crippen LogP contribution in [-0.4, -0.2) is 26.6 Å². The maximum absolute atomic E-state index is 13.4. The molecule has 1 amide bonds. The number of carbonyl (C=O) groups is 1. The van der Waals surface area contributed by atoms with Gasteiger partial charge in [-0.3, -0.25) is 14.9 Å². The Kier molecular flexibility index (Phi) is 5.68. The highest BCUT2D eigenvalue weighted by molar-refractivity contribution is 8.00. The lowest BCUT2D eigenvalue weighted by Crippen LogP contribution is -2.14. The maximum atomic E-state index is 13.4. The highest BCUT2D eigenvalue weighted by atomic mass is 32.2. The molecule has 0 unspecified atom stereocenters. The Morgan fingerprint density at radius 1 is 1.17 bits per heavy atom. The number of thioether (sulfide) groups is 1. The molecular weight excluding hydrogens is 427 g/mol. The monoisotopic (exact) mass is 440 g/mol. The number of rotatable bonds is 6. The summed E-state index contributed by atoms with van der Waals surface area (Å²) in [6, 6.07) is 15.1. The van der Waals surface area contributed by atoms with Crippen LogP contribution < -0.4 is 5.32 Å². The van der Waals surface area contributed by atoms with Crippen molar-refractivity contribution in [2.75, 3.05) is 11.1 Å². The summed E-state index contributed by atoms with van der Waals surface area (Å²) in [5.41, 5.74) is 0.542. The minimum Gasteiger partial charge on any atom is -0.325 e. The van der Waals surface area contributed by atoms with Crippen LogP contribution in [0.2, 0.25) is 0 Å². The highest BCUT2D eigenvalue weighted by Gasteiger charge is 2.16. The van der Waals surface area contributed by atoms with Gasteiger partial charge in [0, 0.05) is 22.0 Å². The number of hydrogen-bond acceptors (Lipinski definition) is 7. The van der Waals surface area contributed by atoms with Crippen molar-refractivity contribution in [3.05, 3.63) is 76.9 Å². The van der Waals surface area contributed by atoms with Gasteiger partial charge in [-0.1, -0.05) is 42.1 Å². The lowest BCUT2D eigenvalue weighted by Gasteiger charge is -2.05. The van der Waals surface area contributed by atoms with Crippen molar-refractivity contribution in [2.45, 2.75) is 5.03 Å². The van der Waals surface area contributed by atoms with Gasteiger partial charge in [-0.15, -0.1) is 11.3 Å². The van der Waals surface area contributed by atoms with E-state index in [1.54, 1.807) is 11.3 Å². The van der Waals surface area contributed by atoms with Crippen molar-refractivity contribution < 1.29 is 14.1 Å². The normalized spacial score (nSPS) is 10.8. The lowest BCUT2D eigenvalue weighted by atomic mass is 10.2. The van der Waals surface area contributed by atoms with Gasteiger partial charge in [-0.25, -0.2) is 9.97 Å². The van der Waals surface area contributed by atoms with Crippen molar-refractivity contribution >= 4 is 50.6 Å². The molecule has 1 N–H and O–H groups in total. The van der Waals surface area contributed by atoms with Crippen LogP contribution >= 0.6 is 23.1 Å². The maximum Gasteiger partial charge on any atom is 0.306 e. The Balaban J connectivity index is 1.48. The number of anilines is 1. The van der Waals surface area contributed by atoms with Gasteiger partial charge in [0.1, 0.15) is 16.2 Å². The zero-order valence-corrected chi connectivity index (χ0v) is 16.9. The molecule has 4 rings (SSSR count). The summed E-state index contributed by atoms with van der Waals surface area (Å²) >= 11 is 2.78. The van der Waals surface area contributed by atoms with E-state index in [2.05, 4.69) is 15.3 Å². The number of hydrogen-bond donors (Lipinski definition) is 1. The summed E-state index contributed by atoms with van der Waals surface area (Å²) in [5, 5.41) is 14.9. The van der Waals surface area contributed by atoms with Gasteiger partial charge >= 0.3 is 5.69 Å². The van der Waals surface area contributed by atoms with Crippen molar-refractivity contribution in [3.63, 3.8) is 0 Å². The van der Waals surface area contributed by atoms with Crippen LogP contribution in [0.5, 0.6) is 0 Å². The number of carbonyl (C=O) groups excluding carboxylic acids is 1. The summed E-state index contributed by atoms with van der Waals surface area (Å²) in [6.45, 7) is 0. The van der Waals surface area contributed by atoms with Gasteiger partial charge in [0.15, 0.2) is 0 Å². The number of halogens is 1. The number of thiophene rings is 1. The summed E-state index contributed by atoms with van der Waals surface area (Å²) in [4.78, 5) is 32.7. The molecule has 150 valence electrons. The molecule has 0 atom stereocenters. The summed E-state index contributed by atoms with van der Waals surface area (Å²) in [5.74, 6) is -1.30. The average Bonchev–Trinajstić information content (AvgIpc) is 3.19. The van der Waals surface area contributed by atoms with E-state index in [-0.39, 0.29) is 17.3 Å². The van der Waals surface area contributed by atoms with Gasteiger partial charge in [-0.2, -0.15) is 4.39 Å². The van der Waals surface area contributed by atoms with Crippen LogP contribution in [0.15, 0.2) is 66.0 Å². The van der Waals surface area contributed by atoms with Gasteiger partial charge in [-0.05, 0) is 23.8 Å². The van der Waals surface area contributed by atoms with Gasteiger partial charge < -0.3 is 5.32 Å². The number of amides is 1. The number of nitro benzene ring substituents is 1. The van der Waals surface area contributed by atoms with Gasteiger partial charge in [0.05, 0.1) is 10.7 Å². The van der Waals surface area contributed by atoms with Crippen molar-refractivity contribution in [1.82, 2.24) is 9.97 Å². The van der Waals surface area contributed by atoms with E-state index in [0.717, 1.165) is 32.8 Å². The first-order valence-electron chi connectivity index (χ1n) is 8.68. The fourth-order valence-electron chi connectivity index (χ4n) is 2.75. The van der Waals surface area contributed by atoms with E-state index in [0.29, 0.717) is 5.03 Å². The zero-order valence-electron chi connectivity index (χ0n) is 15.2. The Labute approximate surface area is 178 Å². The number of nitrogens with zero attached hydrogens (tertiary/aromatic N) is 3. The first kappa shape index (κ1) is 19.9. The summed E-state index contributed by atoms with van der Waals surface area (Å²) in [6.07, 6.45) is 1.46. The zero-order chi connectivity index (χ0) is 21.1. The molecule has 0 radical (unpaired) electrons. The molecule has 0 fully saturated rings. The Hall–Kier alpha value is -3.37. The molecule has 0 saturated carbocycles. The molecule has 0 saturated heterocycles. The largest absolute Gasteiger partial charge is 0.325 e. The standard InChI is InChI=1S/C20H13FN4O3S2/c21-15-7-6-13(8-16(15)25(27)28)24-18(26)10-29-19-14-9-17(12-4-2-1-3-5-12)30-20(14)23-11-22-19/h1-9,11H,10H2,(H,24,26). The first-order chi connectivity index (χ1) is 14.5. The van der Waals surface area contributed by atoms with Crippen LogP contribution in [0.4, 0.5) is 15.8 Å². The summed E-state index contributed by atoms with van der Waals surface area (Å²) in [7, 11) is 0. The second-order valence-electron chi connectivity index (χ2n) is 6.13. The third kappa shape index (κ3) is 4.29. The molecule has 0 aliphatic carbocycles. The number of nitro groups is 1. The van der Waals surface area contributed by atoms with Gasteiger partial charge in [0.2, 0.25) is 11.7 Å². The number of benzene rings is 2. The molecule has 7 nitrogen and oxygen atoms in total. The van der Waals surface area contributed by atoms with E-state index in [1.807, 2.05) is 36.4 Å². The Morgan fingerprint density at radius 2 is 1.97 bits per heavy atom. The van der Waals surface area contributed by atoms with E-state index < -0.39 is 16.4 Å². The van der Waals surface area contributed by atoms with Crippen LogP contribution in [0, 0.1) is 15.9 Å². The van der Waals surface area contributed by atoms with Crippen molar-refractivity contribution in [3.8, 4) is 10.4 Å². The van der Waals surface area contributed by atoms with E-state index in [1.165, 1.54) is 24.2 Å². The molecular formula is C20H13FN4O3S2. The first-order valence-corrected chi connectivity index (χ1v) is 10.5. The Bertz CT molecular complexity index is 1250. The minimum absolute atomic E-state index is 0.0355. The molecule has 2 aromatic carbocycles. The molecule has 0 aliphatic heterocycles. The Morgan fingerprint density at radius 3 is 2.73 bits per heavy atom. The molecule has 10 heteroatoms. The van der Waals surface area contributed by atoms with Crippen LogP contribution in [0.25, 0.3) is 20.7 Å². The van der Waals surface area contributed by atoms with Crippen molar-refractivity contribution in [1.29, 1.82) is 0 Å². The molecule has 0 bridgehead atoms. The average molecular weight is 440 g/mol. The summed E-state index contributed by atoms with van der Waals surface area (Å²) < 4.78 is 13.4. The minimum atomic E-state index is -0.956. The third-order valence-corrected chi connectivity index (χ3v) is 6.22.